The number of hydrogen-bond acceptors (Lipinski definition) is 3. The molecule has 68 valence electrons. The number of morpholine rings is 1. The Bertz CT molecular complexity index is 76.8. The second-order valence-electron chi connectivity index (χ2n) is 2.21. The van der Waals surface area contributed by atoms with E-state index < -0.39 is 6.36 Å². The number of halogens is 1. The molecule has 1 aliphatic rings. The van der Waals surface area contributed by atoms with E-state index in [0.717, 1.165) is 12.3 Å². The van der Waals surface area contributed by atoms with Crippen molar-refractivity contribution in [1.29, 1.82) is 0 Å². The fourth-order valence-corrected chi connectivity index (χ4v) is 0.533. The molecule has 1 N–H and O–H groups in total. The molecule has 11 heavy (non-hydrogen) atoms. The van der Waals surface area contributed by atoms with Crippen LogP contribution in [0.15, 0.2) is 0 Å². The zero-order valence-electron chi connectivity index (χ0n) is 6.85. The lowest BCUT2D eigenvalue weighted by Crippen LogP contribution is -2.35. The summed E-state index contributed by atoms with van der Waals surface area (Å²) in [6.45, 7) is 3.73. The third-order valence-electron chi connectivity index (χ3n) is 1.11. The Kier molecular flexibility index (Phi) is 8.45. The zero-order valence-corrected chi connectivity index (χ0v) is 7.74. The molecule has 1 saturated heterocycles. The molecule has 0 spiro atoms. The summed E-state index contributed by atoms with van der Waals surface area (Å²) in [6, 6.07) is 0. The van der Waals surface area contributed by atoms with Crippen LogP contribution in [0.4, 0.5) is 4.39 Å². The number of rotatable bonds is 1. The van der Waals surface area contributed by atoms with Crippen LogP contribution in [-0.4, -0.2) is 31.8 Å². The maximum Gasteiger partial charge on any atom is 0.211 e. The molecule has 0 aromatic carbocycles. The third kappa shape index (κ3) is 8.10. The van der Waals surface area contributed by atoms with E-state index in [0.29, 0.717) is 13.2 Å². The van der Waals surface area contributed by atoms with Crippen molar-refractivity contribution >= 4 is 12.6 Å². The normalized spacial score (nSPS) is 23.7. The Morgan fingerprint density at radius 1 is 1.73 bits per heavy atom. The summed E-state index contributed by atoms with van der Waals surface area (Å²) in [5.41, 5.74) is 0. The minimum atomic E-state index is -1.08. The summed E-state index contributed by atoms with van der Waals surface area (Å²) >= 11 is 3.92. The molecule has 1 atom stereocenters. The van der Waals surface area contributed by atoms with Crippen molar-refractivity contribution in [3.63, 3.8) is 0 Å². The van der Waals surface area contributed by atoms with Crippen LogP contribution in [0, 0.1) is 0 Å². The van der Waals surface area contributed by atoms with E-state index in [1.165, 1.54) is 6.42 Å². The van der Waals surface area contributed by atoms with E-state index in [9.17, 15) is 4.39 Å². The SMILES string of the molecule is CCCS.FC1CNCCO1. The van der Waals surface area contributed by atoms with Crippen LogP contribution in [0.5, 0.6) is 0 Å². The molecule has 1 heterocycles. The minimum absolute atomic E-state index is 0.347. The van der Waals surface area contributed by atoms with Crippen molar-refractivity contribution in [3.05, 3.63) is 0 Å². The number of nitrogens with one attached hydrogen (secondary N) is 1. The predicted octanol–water partition coefficient (Wildman–Crippen LogP) is 1.23. The number of thiol groups is 1. The highest BCUT2D eigenvalue weighted by Crippen LogP contribution is 1.94. The van der Waals surface area contributed by atoms with Crippen LogP contribution >= 0.6 is 12.6 Å². The van der Waals surface area contributed by atoms with E-state index in [2.05, 4.69) is 29.6 Å². The van der Waals surface area contributed by atoms with Gasteiger partial charge in [-0.05, 0) is 12.2 Å². The fourth-order valence-electron chi connectivity index (χ4n) is 0.533. The molecule has 0 amide bonds. The lowest BCUT2D eigenvalue weighted by atomic mass is 10.5. The van der Waals surface area contributed by atoms with Gasteiger partial charge in [-0.25, -0.2) is 4.39 Å². The number of ether oxygens (including phenoxy) is 1. The van der Waals surface area contributed by atoms with Crippen molar-refractivity contribution in [2.24, 2.45) is 0 Å². The molecule has 4 heteroatoms. The highest BCUT2D eigenvalue weighted by atomic mass is 32.1. The first-order valence-corrected chi connectivity index (χ1v) is 4.51. The van der Waals surface area contributed by atoms with Gasteiger partial charge in [-0.2, -0.15) is 12.6 Å². The molecular formula is C7H16FNOS. The van der Waals surface area contributed by atoms with E-state index in [1.807, 2.05) is 0 Å². The Labute approximate surface area is 72.9 Å². The second kappa shape index (κ2) is 8.30. The summed E-state index contributed by atoms with van der Waals surface area (Å²) in [5, 5.41) is 2.83. The average Bonchev–Trinajstić information content (AvgIpc) is 2.07. The molecule has 0 saturated carbocycles. The molecule has 1 unspecified atom stereocenters. The van der Waals surface area contributed by atoms with Gasteiger partial charge in [0.2, 0.25) is 6.36 Å². The van der Waals surface area contributed by atoms with Crippen LogP contribution in [0.3, 0.4) is 0 Å². The van der Waals surface area contributed by atoms with Gasteiger partial charge in [0.15, 0.2) is 0 Å². The van der Waals surface area contributed by atoms with Gasteiger partial charge in [-0.15, -0.1) is 0 Å². The number of hydrogen-bond donors (Lipinski definition) is 2. The maximum atomic E-state index is 11.9. The Hall–Kier alpha value is 0.200. The Balaban J connectivity index is 0.000000218. The molecule has 0 aliphatic carbocycles. The minimum Gasteiger partial charge on any atom is -0.346 e. The molecule has 0 radical (unpaired) electrons. The summed E-state index contributed by atoms with van der Waals surface area (Å²) in [5.74, 6) is 1.01. The van der Waals surface area contributed by atoms with Crippen molar-refractivity contribution in [2.75, 3.05) is 25.4 Å². The van der Waals surface area contributed by atoms with Crippen LogP contribution in [0.2, 0.25) is 0 Å². The van der Waals surface area contributed by atoms with E-state index in [-0.39, 0.29) is 0 Å². The zero-order chi connectivity index (χ0) is 8.53. The van der Waals surface area contributed by atoms with Crippen molar-refractivity contribution in [2.45, 2.75) is 19.7 Å². The second-order valence-corrected chi connectivity index (χ2v) is 2.66. The summed E-state index contributed by atoms with van der Waals surface area (Å²) in [6.07, 6.45) is 0.108. The first-order valence-electron chi connectivity index (χ1n) is 3.88. The van der Waals surface area contributed by atoms with Crippen LogP contribution in [-0.2, 0) is 4.74 Å². The maximum absolute atomic E-state index is 11.9. The summed E-state index contributed by atoms with van der Waals surface area (Å²) in [4.78, 5) is 0. The van der Waals surface area contributed by atoms with E-state index in [1.54, 1.807) is 0 Å². The van der Waals surface area contributed by atoms with Gasteiger partial charge in [-0.1, -0.05) is 6.92 Å². The first kappa shape index (κ1) is 11.2. The predicted molar refractivity (Wildman–Crippen MR) is 47.9 cm³/mol. The molecule has 1 rings (SSSR count). The molecule has 1 fully saturated rings. The monoisotopic (exact) mass is 181 g/mol. The van der Waals surface area contributed by atoms with Crippen molar-refractivity contribution in [3.8, 4) is 0 Å². The van der Waals surface area contributed by atoms with E-state index in [4.69, 9.17) is 0 Å². The average molecular weight is 181 g/mol. The van der Waals surface area contributed by atoms with Gasteiger partial charge in [0.05, 0.1) is 13.2 Å². The highest BCUT2D eigenvalue weighted by molar-refractivity contribution is 7.80. The molecule has 1 aliphatic heterocycles. The van der Waals surface area contributed by atoms with Gasteiger partial charge in [0.1, 0.15) is 0 Å². The lowest BCUT2D eigenvalue weighted by Gasteiger charge is -2.15. The number of alkyl halides is 1. The van der Waals surface area contributed by atoms with Gasteiger partial charge < -0.3 is 10.1 Å². The molecular weight excluding hydrogens is 165 g/mol. The Morgan fingerprint density at radius 2 is 2.36 bits per heavy atom. The molecule has 0 aromatic rings. The summed E-state index contributed by atoms with van der Waals surface area (Å²) in [7, 11) is 0. The fraction of sp³-hybridized carbons (Fsp3) is 1.00. The largest absolute Gasteiger partial charge is 0.346 e. The molecule has 2 nitrogen and oxygen atoms in total. The molecule has 0 aromatic heterocycles. The van der Waals surface area contributed by atoms with Crippen molar-refractivity contribution in [1.82, 2.24) is 5.32 Å². The standard InChI is InChI=1S/C4H8FNO.C3H8S/c5-4-3-6-1-2-7-4;1-2-3-4/h4,6H,1-3H2;4H,2-3H2,1H3. The Morgan fingerprint density at radius 3 is 2.55 bits per heavy atom. The van der Waals surface area contributed by atoms with Crippen molar-refractivity contribution < 1.29 is 9.13 Å². The lowest BCUT2D eigenvalue weighted by molar-refractivity contribution is -0.0560. The summed E-state index contributed by atoms with van der Waals surface area (Å²) < 4.78 is 16.4. The first-order chi connectivity index (χ1) is 5.31. The van der Waals surface area contributed by atoms with Gasteiger partial charge >= 0.3 is 0 Å². The van der Waals surface area contributed by atoms with Crippen LogP contribution in [0.25, 0.3) is 0 Å². The van der Waals surface area contributed by atoms with E-state index >= 15 is 0 Å². The van der Waals surface area contributed by atoms with Crippen LogP contribution in [0.1, 0.15) is 13.3 Å². The quantitative estimate of drug-likeness (QED) is 0.594. The van der Waals surface area contributed by atoms with Crippen LogP contribution < -0.4 is 5.32 Å². The highest BCUT2D eigenvalue weighted by Gasteiger charge is 2.08. The topological polar surface area (TPSA) is 21.3 Å². The van der Waals surface area contributed by atoms with Gasteiger partial charge in [0.25, 0.3) is 0 Å². The van der Waals surface area contributed by atoms with Gasteiger partial charge in [0, 0.05) is 6.54 Å². The smallest absolute Gasteiger partial charge is 0.211 e. The third-order valence-corrected chi connectivity index (χ3v) is 1.55. The molecule has 0 bridgehead atoms. The van der Waals surface area contributed by atoms with Gasteiger partial charge in [-0.3, -0.25) is 0 Å².